The van der Waals surface area contributed by atoms with Crippen molar-refractivity contribution in [1.82, 2.24) is 0 Å². The highest BCUT2D eigenvalue weighted by molar-refractivity contribution is 7.94. The Kier molecular flexibility index (Phi) is 5.20. The number of carbonyl (C=O) groups is 2. The zero-order chi connectivity index (χ0) is 19.9. The summed E-state index contributed by atoms with van der Waals surface area (Å²) in [5, 5.41) is 3.33. The second-order valence-electron chi connectivity index (χ2n) is 6.36. The minimum absolute atomic E-state index is 0.0409. The van der Waals surface area contributed by atoms with E-state index in [9.17, 15) is 18.0 Å². The van der Waals surface area contributed by atoms with Crippen LogP contribution in [0.15, 0.2) is 36.4 Å². The summed E-state index contributed by atoms with van der Waals surface area (Å²) in [6.07, 6.45) is 0. The number of nitrogens with zero attached hydrogens (tertiary/aromatic N) is 1. The van der Waals surface area contributed by atoms with Gasteiger partial charge in [0.15, 0.2) is 0 Å². The molecule has 0 aromatic heterocycles. The Morgan fingerprint density at radius 3 is 2.44 bits per heavy atom. The number of rotatable bonds is 3. The third kappa shape index (κ3) is 3.81. The van der Waals surface area contributed by atoms with Crippen LogP contribution in [0.5, 0.6) is 0 Å². The highest BCUT2D eigenvalue weighted by Gasteiger charge is 2.42. The number of sulfonamides is 1. The Morgan fingerprint density at radius 1 is 1.19 bits per heavy atom. The van der Waals surface area contributed by atoms with E-state index in [2.05, 4.69) is 5.32 Å². The monoisotopic (exact) mass is 426 g/mol. The van der Waals surface area contributed by atoms with Crippen LogP contribution < -0.4 is 9.62 Å². The molecular formula is C18H16Cl2N2O4S. The van der Waals surface area contributed by atoms with Gasteiger partial charge < -0.3 is 5.32 Å². The quantitative estimate of drug-likeness (QED) is 0.806. The summed E-state index contributed by atoms with van der Waals surface area (Å²) in [5.41, 5.74) is 1.64. The fourth-order valence-corrected chi connectivity index (χ4v) is 5.16. The number of hydrogen-bond donors (Lipinski definition) is 1. The minimum Gasteiger partial charge on any atom is -0.322 e. The van der Waals surface area contributed by atoms with E-state index >= 15 is 0 Å². The highest BCUT2D eigenvalue weighted by Crippen LogP contribution is 2.32. The maximum Gasteiger partial charge on any atom is 0.257 e. The van der Waals surface area contributed by atoms with Crippen LogP contribution in [-0.4, -0.2) is 26.0 Å². The average Bonchev–Trinajstić information content (AvgIpc) is 2.77. The third-order valence-corrected chi connectivity index (χ3v) is 6.65. The van der Waals surface area contributed by atoms with Gasteiger partial charge in [0.25, 0.3) is 5.91 Å². The van der Waals surface area contributed by atoms with Crippen LogP contribution in [-0.2, 0) is 14.8 Å². The number of halogens is 2. The fraction of sp³-hybridized carbons (Fsp3) is 0.222. The largest absolute Gasteiger partial charge is 0.322 e. The van der Waals surface area contributed by atoms with Crippen LogP contribution in [0.4, 0.5) is 11.4 Å². The van der Waals surface area contributed by atoms with E-state index in [1.54, 1.807) is 32.0 Å². The molecule has 2 amide bonds. The first-order chi connectivity index (χ1) is 12.6. The van der Waals surface area contributed by atoms with E-state index in [1.165, 1.54) is 18.2 Å². The molecule has 1 unspecified atom stereocenters. The number of amides is 2. The first-order valence-corrected chi connectivity index (χ1v) is 10.4. The summed E-state index contributed by atoms with van der Waals surface area (Å²) < 4.78 is 25.1. The highest BCUT2D eigenvalue weighted by atomic mass is 35.5. The summed E-state index contributed by atoms with van der Waals surface area (Å²) >= 11 is 12.1. The van der Waals surface area contributed by atoms with Crippen LogP contribution in [0.25, 0.3) is 0 Å². The molecule has 2 aromatic carbocycles. The molecule has 27 heavy (non-hydrogen) atoms. The van der Waals surface area contributed by atoms with Crippen molar-refractivity contribution in [2.45, 2.75) is 13.8 Å². The molecule has 0 saturated carbocycles. The summed E-state index contributed by atoms with van der Waals surface area (Å²) in [4.78, 5) is 24.7. The van der Waals surface area contributed by atoms with Crippen molar-refractivity contribution in [2.75, 3.05) is 15.4 Å². The van der Waals surface area contributed by atoms with Gasteiger partial charge in [-0.05, 0) is 48.9 Å². The van der Waals surface area contributed by atoms with Crippen molar-refractivity contribution < 1.29 is 18.0 Å². The van der Waals surface area contributed by atoms with Gasteiger partial charge in [0.05, 0.1) is 27.9 Å². The van der Waals surface area contributed by atoms with Crippen molar-refractivity contribution in [2.24, 2.45) is 5.92 Å². The van der Waals surface area contributed by atoms with Crippen LogP contribution in [0.2, 0.25) is 10.0 Å². The molecule has 0 bridgehead atoms. The SMILES string of the molecule is Cc1cc(Cl)ccc1NC(=O)c1ccc(N2C(=O)C(C)CS2(=O)=O)cc1Cl. The van der Waals surface area contributed by atoms with Crippen LogP contribution in [0.1, 0.15) is 22.8 Å². The Morgan fingerprint density at radius 2 is 1.89 bits per heavy atom. The molecule has 6 nitrogen and oxygen atoms in total. The molecule has 1 aliphatic heterocycles. The topological polar surface area (TPSA) is 83.6 Å². The van der Waals surface area contributed by atoms with E-state index in [0.717, 1.165) is 9.87 Å². The summed E-state index contributed by atoms with van der Waals surface area (Å²) in [7, 11) is -3.73. The molecule has 1 atom stereocenters. The second kappa shape index (κ2) is 7.14. The zero-order valence-electron chi connectivity index (χ0n) is 14.5. The molecule has 3 rings (SSSR count). The molecule has 0 aliphatic carbocycles. The van der Waals surface area contributed by atoms with Gasteiger partial charge in [0, 0.05) is 10.7 Å². The van der Waals surface area contributed by atoms with Gasteiger partial charge in [-0.25, -0.2) is 12.7 Å². The van der Waals surface area contributed by atoms with E-state index in [0.29, 0.717) is 10.7 Å². The standard InChI is InChI=1S/C18H16Cl2N2O4S/c1-10-7-12(19)3-6-16(10)21-17(23)14-5-4-13(8-15(14)20)22-18(24)11(2)9-27(22,25)26/h3-8,11H,9H2,1-2H3,(H,21,23). The van der Waals surface area contributed by atoms with Crippen molar-refractivity contribution in [3.8, 4) is 0 Å². The number of carbonyl (C=O) groups excluding carboxylic acids is 2. The van der Waals surface area contributed by atoms with Gasteiger partial charge in [-0.1, -0.05) is 30.1 Å². The third-order valence-electron chi connectivity index (χ3n) is 4.23. The van der Waals surface area contributed by atoms with Gasteiger partial charge in [-0.15, -0.1) is 0 Å². The van der Waals surface area contributed by atoms with Crippen LogP contribution in [0, 0.1) is 12.8 Å². The molecule has 1 aliphatic rings. The lowest BCUT2D eigenvalue weighted by Gasteiger charge is -2.16. The first-order valence-electron chi connectivity index (χ1n) is 8.04. The van der Waals surface area contributed by atoms with Gasteiger partial charge in [0.2, 0.25) is 15.9 Å². The average molecular weight is 427 g/mol. The van der Waals surface area contributed by atoms with Crippen molar-refractivity contribution in [1.29, 1.82) is 0 Å². The molecule has 142 valence electrons. The van der Waals surface area contributed by atoms with Crippen molar-refractivity contribution in [3.63, 3.8) is 0 Å². The number of nitrogens with one attached hydrogen (secondary N) is 1. The maximum atomic E-state index is 12.5. The molecule has 1 heterocycles. The molecule has 1 N–H and O–H groups in total. The number of aryl methyl sites for hydroxylation is 1. The van der Waals surface area contributed by atoms with Gasteiger partial charge in [0.1, 0.15) is 0 Å². The van der Waals surface area contributed by atoms with Gasteiger partial charge in [-0.2, -0.15) is 0 Å². The number of benzene rings is 2. The molecule has 1 saturated heterocycles. The first kappa shape index (κ1) is 19.7. The zero-order valence-corrected chi connectivity index (χ0v) is 16.8. The van der Waals surface area contributed by atoms with E-state index in [1.807, 2.05) is 0 Å². The van der Waals surface area contributed by atoms with Crippen molar-refractivity contribution in [3.05, 3.63) is 57.6 Å². The predicted octanol–water partition coefficient (Wildman–Crippen LogP) is 3.87. The normalized spacial score (nSPS) is 18.6. The Hall–Kier alpha value is -2.09. The molecular weight excluding hydrogens is 411 g/mol. The second-order valence-corrected chi connectivity index (χ2v) is 9.07. The Balaban J connectivity index is 1.89. The number of anilines is 2. The lowest BCUT2D eigenvalue weighted by atomic mass is 10.1. The van der Waals surface area contributed by atoms with E-state index in [-0.39, 0.29) is 22.0 Å². The van der Waals surface area contributed by atoms with Crippen LogP contribution in [0.3, 0.4) is 0 Å². The fourth-order valence-electron chi connectivity index (χ4n) is 2.86. The number of hydrogen-bond acceptors (Lipinski definition) is 4. The van der Waals surface area contributed by atoms with Gasteiger partial charge in [-0.3, -0.25) is 9.59 Å². The smallest absolute Gasteiger partial charge is 0.257 e. The molecule has 0 radical (unpaired) electrons. The summed E-state index contributed by atoms with van der Waals surface area (Å²) in [5.74, 6) is -1.84. The molecule has 0 spiro atoms. The Bertz CT molecular complexity index is 1050. The van der Waals surface area contributed by atoms with E-state index < -0.39 is 27.8 Å². The molecule has 2 aromatic rings. The molecule has 9 heteroatoms. The predicted molar refractivity (Wildman–Crippen MR) is 106 cm³/mol. The van der Waals surface area contributed by atoms with Crippen molar-refractivity contribution >= 4 is 56.4 Å². The van der Waals surface area contributed by atoms with Gasteiger partial charge >= 0.3 is 0 Å². The van der Waals surface area contributed by atoms with Crippen LogP contribution >= 0.6 is 23.2 Å². The van der Waals surface area contributed by atoms with E-state index in [4.69, 9.17) is 23.2 Å². The Labute approximate surface area is 167 Å². The minimum atomic E-state index is -3.73. The summed E-state index contributed by atoms with van der Waals surface area (Å²) in [6, 6.07) is 9.13. The lowest BCUT2D eigenvalue weighted by Crippen LogP contribution is -2.30. The maximum absolute atomic E-state index is 12.5. The molecule has 1 fully saturated rings. The lowest BCUT2D eigenvalue weighted by molar-refractivity contribution is -0.119. The summed E-state index contributed by atoms with van der Waals surface area (Å²) in [6.45, 7) is 3.36.